The van der Waals surface area contributed by atoms with Crippen LogP contribution in [0, 0.1) is 5.82 Å². The van der Waals surface area contributed by atoms with Gasteiger partial charge in [-0.15, -0.1) is 0 Å². The van der Waals surface area contributed by atoms with Crippen LogP contribution in [0.1, 0.15) is 11.1 Å². The summed E-state index contributed by atoms with van der Waals surface area (Å²) in [7, 11) is 1.26. The molecule has 0 aromatic heterocycles. The standard InChI is InChI=1S/C20H15BrFNO5S/c1-27-18(24)11-28-16-7-4-14(21)8-13(16)9-17-19(25)23(20(26)29-17)10-12-2-5-15(22)6-3-12/h2-9H,10-11H2,1H3/b17-9-. The predicted octanol–water partition coefficient (Wildman–Crippen LogP) is 4.38. The van der Waals surface area contributed by atoms with E-state index in [2.05, 4.69) is 20.7 Å². The summed E-state index contributed by atoms with van der Waals surface area (Å²) in [6.07, 6.45) is 1.53. The van der Waals surface area contributed by atoms with Crippen LogP contribution in [0.25, 0.3) is 6.08 Å². The van der Waals surface area contributed by atoms with Crippen molar-refractivity contribution in [3.63, 3.8) is 0 Å². The maximum atomic E-state index is 13.1. The normalized spacial score (nSPS) is 15.1. The van der Waals surface area contributed by atoms with Gasteiger partial charge in [-0.05, 0) is 53.7 Å². The zero-order chi connectivity index (χ0) is 21.0. The molecule has 3 rings (SSSR count). The molecule has 1 aliphatic rings. The lowest BCUT2D eigenvalue weighted by atomic mass is 10.1. The Balaban J connectivity index is 1.82. The molecule has 1 fully saturated rings. The molecule has 0 unspecified atom stereocenters. The third-order valence-corrected chi connectivity index (χ3v) is 5.36. The van der Waals surface area contributed by atoms with E-state index in [1.807, 2.05) is 0 Å². The zero-order valence-corrected chi connectivity index (χ0v) is 17.6. The molecule has 0 N–H and O–H groups in total. The maximum absolute atomic E-state index is 13.1. The Hall–Kier alpha value is -2.65. The number of thioether (sulfide) groups is 1. The van der Waals surface area contributed by atoms with E-state index in [0.29, 0.717) is 16.9 Å². The van der Waals surface area contributed by atoms with Gasteiger partial charge in [0.25, 0.3) is 11.1 Å². The van der Waals surface area contributed by atoms with Crippen molar-refractivity contribution in [2.45, 2.75) is 6.54 Å². The number of methoxy groups -OCH3 is 1. The number of esters is 1. The van der Waals surface area contributed by atoms with E-state index in [0.717, 1.165) is 21.1 Å². The van der Waals surface area contributed by atoms with Gasteiger partial charge in [0, 0.05) is 10.0 Å². The Kier molecular flexibility index (Phi) is 6.71. The first-order valence-corrected chi connectivity index (χ1v) is 9.97. The first kappa shape index (κ1) is 21.1. The summed E-state index contributed by atoms with van der Waals surface area (Å²) in [5.41, 5.74) is 1.16. The summed E-state index contributed by atoms with van der Waals surface area (Å²) in [4.78, 5) is 37.7. The second-order valence-electron chi connectivity index (χ2n) is 5.94. The molecule has 9 heteroatoms. The molecule has 1 saturated heterocycles. The van der Waals surface area contributed by atoms with Crippen LogP contribution in [-0.4, -0.2) is 35.7 Å². The monoisotopic (exact) mass is 479 g/mol. The number of hydrogen-bond donors (Lipinski definition) is 0. The quantitative estimate of drug-likeness (QED) is 0.452. The number of ether oxygens (including phenoxy) is 2. The number of imide groups is 1. The summed E-state index contributed by atoms with van der Waals surface area (Å²) in [6.45, 7) is -0.239. The molecule has 2 amide bonds. The molecule has 0 spiro atoms. The van der Waals surface area contributed by atoms with Gasteiger partial charge in [-0.3, -0.25) is 14.5 Å². The van der Waals surface area contributed by atoms with Crippen molar-refractivity contribution in [2.24, 2.45) is 0 Å². The van der Waals surface area contributed by atoms with Crippen LogP contribution in [-0.2, 0) is 20.9 Å². The number of carbonyl (C=O) groups is 3. The number of rotatable bonds is 6. The Morgan fingerprint density at radius 1 is 1.21 bits per heavy atom. The molecule has 0 saturated carbocycles. The summed E-state index contributed by atoms with van der Waals surface area (Å²) in [5.74, 6) is -1.03. The second kappa shape index (κ2) is 9.23. The minimum absolute atomic E-state index is 0.0481. The van der Waals surface area contributed by atoms with Gasteiger partial charge in [0.15, 0.2) is 6.61 Å². The first-order chi connectivity index (χ1) is 13.9. The van der Waals surface area contributed by atoms with Crippen LogP contribution in [0.15, 0.2) is 51.8 Å². The van der Waals surface area contributed by atoms with E-state index >= 15 is 0 Å². The fraction of sp³-hybridized carbons (Fsp3) is 0.150. The Morgan fingerprint density at radius 3 is 2.62 bits per heavy atom. The molecular formula is C20H15BrFNO5S. The summed E-state index contributed by atoms with van der Waals surface area (Å²) in [5, 5.41) is -0.419. The summed E-state index contributed by atoms with van der Waals surface area (Å²) >= 11 is 4.16. The Morgan fingerprint density at radius 2 is 1.93 bits per heavy atom. The highest BCUT2D eigenvalue weighted by Crippen LogP contribution is 2.35. The van der Waals surface area contributed by atoms with Crippen LogP contribution in [0.2, 0.25) is 0 Å². The van der Waals surface area contributed by atoms with Crippen LogP contribution < -0.4 is 4.74 Å². The molecule has 2 aromatic carbocycles. The zero-order valence-electron chi connectivity index (χ0n) is 15.2. The highest BCUT2D eigenvalue weighted by molar-refractivity contribution is 9.10. The molecular weight excluding hydrogens is 465 g/mol. The molecule has 2 aromatic rings. The lowest BCUT2D eigenvalue weighted by molar-refractivity contribution is -0.142. The highest BCUT2D eigenvalue weighted by Gasteiger charge is 2.35. The van der Waals surface area contributed by atoms with Crippen LogP contribution in [0.5, 0.6) is 5.75 Å². The van der Waals surface area contributed by atoms with Crippen molar-refractivity contribution in [3.05, 3.63) is 68.8 Å². The minimum atomic E-state index is -0.543. The second-order valence-corrected chi connectivity index (χ2v) is 7.85. The van der Waals surface area contributed by atoms with Crippen molar-refractivity contribution in [2.75, 3.05) is 13.7 Å². The molecule has 1 heterocycles. The Bertz CT molecular complexity index is 993. The largest absolute Gasteiger partial charge is 0.481 e. The topological polar surface area (TPSA) is 72.9 Å². The van der Waals surface area contributed by atoms with Crippen molar-refractivity contribution in [3.8, 4) is 5.75 Å². The van der Waals surface area contributed by atoms with Gasteiger partial charge in [0.2, 0.25) is 0 Å². The maximum Gasteiger partial charge on any atom is 0.343 e. The van der Waals surface area contributed by atoms with Gasteiger partial charge in [0.05, 0.1) is 18.6 Å². The van der Waals surface area contributed by atoms with Crippen molar-refractivity contribution >= 4 is 50.9 Å². The molecule has 0 radical (unpaired) electrons. The van der Waals surface area contributed by atoms with Crippen molar-refractivity contribution in [1.29, 1.82) is 0 Å². The van der Waals surface area contributed by atoms with Gasteiger partial charge >= 0.3 is 5.97 Å². The average molecular weight is 480 g/mol. The smallest absolute Gasteiger partial charge is 0.343 e. The first-order valence-electron chi connectivity index (χ1n) is 8.36. The van der Waals surface area contributed by atoms with Gasteiger partial charge in [0.1, 0.15) is 11.6 Å². The van der Waals surface area contributed by atoms with E-state index in [4.69, 9.17) is 4.74 Å². The minimum Gasteiger partial charge on any atom is -0.481 e. The molecule has 0 aliphatic carbocycles. The number of hydrogen-bond acceptors (Lipinski definition) is 6. The van der Waals surface area contributed by atoms with Crippen LogP contribution in [0.4, 0.5) is 9.18 Å². The third-order valence-electron chi connectivity index (χ3n) is 3.96. The number of benzene rings is 2. The summed E-state index contributed by atoms with van der Waals surface area (Å²) < 4.78 is 23.8. The molecule has 6 nitrogen and oxygen atoms in total. The molecule has 29 heavy (non-hydrogen) atoms. The number of nitrogens with zero attached hydrogens (tertiary/aromatic N) is 1. The van der Waals surface area contributed by atoms with Gasteiger partial charge in [-0.25, -0.2) is 9.18 Å². The van der Waals surface area contributed by atoms with Gasteiger partial charge < -0.3 is 9.47 Å². The molecule has 0 bridgehead atoms. The van der Waals surface area contributed by atoms with Crippen molar-refractivity contribution < 1.29 is 28.2 Å². The van der Waals surface area contributed by atoms with E-state index < -0.39 is 22.9 Å². The lowest BCUT2D eigenvalue weighted by Crippen LogP contribution is -2.27. The van der Waals surface area contributed by atoms with E-state index in [1.54, 1.807) is 18.2 Å². The van der Waals surface area contributed by atoms with Crippen molar-refractivity contribution in [1.82, 2.24) is 4.90 Å². The van der Waals surface area contributed by atoms with Gasteiger partial charge in [-0.1, -0.05) is 28.1 Å². The predicted molar refractivity (Wildman–Crippen MR) is 110 cm³/mol. The van der Waals surface area contributed by atoms with Gasteiger partial charge in [-0.2, -0.15) is 0 Å². The van der Waals surface area contributed by atoms with E-state index in [1.165, 1.54) is 37.5 Å². The van der Waals surface area contributed by atoms with E-state index in [-0.39, 0.29) is 18.1 Å². The number of amides is 2. The molecule has 0 atom stereocenters. The number of halogens is 2. The summed E-state index contributed by atoms with van der Waals surface area (Å²) in [6, 6.07) is 10.7. The highest BCUT2D eigenvalue weighted by atomic mass is 79.9. The Labute approximate surface area is 178 Å². The lowest BCUT2D eigenvalue weighted by Gasteiger charge is -2.12. The van der Waals surface area contributed by atoms with Crippen LogP contribution in [0.3, 0.4) is 0 Å². The van der Waals surface area contributed by atoms with Crippen LogP contribution >= 0.6 is 27.7 Å². The number of carbonyl (C=O) groups excluding carboxylic acids is 3. The fourth-order valence-corrected chi connectivity index (χ4v) is 3.72. The average Bonchev–Trinajstić information content (AvgIpc) is 2.96. The SMILES string of the molecule is COC(=O)COc1ccc(Br)cc1/C=C1\SC(=O)N(Cc2ccc(F)cc2)C1=O. The molecule has 150 valence electrons. The third kappa shape index (κ3) is 5.24. The fourth-order valence-electron chi connectivity index (χ4n) is 2.51. The molecule has 1 aliphatic heterocycles. The van der Waals surface area contributed by atoms with E-state index in [9.17, 15) is 18.8 Å².